The lowest BCUT2D eigenvalue weighted by atomic mass is 10.2. The summed E-state index contributed by atoms with van der Waals surface area (Å²) < 4.78 is -0.00991. The number of hydrogen-bond acceptors (Lipinski definition) is 2. The minimum absolute atomic E-state index is 0.00991. The van der Waals surface area contributed by atoms with Gasteiger partial charge in [0, 0.05) is 5.56 Å². The Morgan fingerprint density at radius 2 is 1.80 bits per heavy atom. The van der Waals surface area contributed by atoms with Gasteiger partial charge in [-0.3, -0.25) is 4.48 Å². The van der Waals surface area contributed by atoms with Gasteiger partial charge in [-0.15, -0.1) is 0 Å². The summed E-state index contributed by atoms with van der Waals surface area (Å²) in [4.78, 5) is 11.1. The maximum atomic E-state index is 11.1. The predicted molar refractivity (Wildman–Crippen MR) is 54.7 cm³/mol. The van der Waals surface area contributed by atoms with Gasteiger partial charge in [0.1, 0.15) is 19.6 Å². The first-order chi connectivity index (χ1) is 7.23. The number of hydrogen-bond donors (Lipinski definition) is 0. The average Bonchev–Trinajstić information content (AvgIpc) is 2.69. The molecule has 0 spiro atoms. The summed E-state index contributed by atoms with van der Waals surface area (Å²) >= 11 is 0. The number of nitrogens with zero attached hydrogens (tertiary/aromatic N) is 1. The van der Waals surface area contributed by atoms with Crippen LogP contribution in [0.4, 0.5) is 4.79 Å². The largest absolute Gasteiger partial charge is 0.498 e. The lowest BCUT2D eigenvalue weighted by Crippen LogP contribution is -2.56. The van der Waals surface area contributed by atoms with Gasteiger partial charge < -0.3 is 9.90 Å². The molecule has 15 heavy (non-hydrogen) atoms. The van der Waals surface area contributed by atoms with E-state index in [2.05, 4.69) is 0 Å². The number of carbonyl (C=O) groups is 1. The van der Waals surface area contributed by atoms with Crippen LogP contribution in [0.25, 0.3) is 0 Å². The molecule has 0 saturated heterocycles. The van der Waals surface area contributed by atoms with Crippen molar-refractivity contribution < 1.29 is 14.4 Å². The molecule has 0 aliphatic carbocycles. The SMILES string of the molecule is O=C([O-])[N+]1(Cc2ccccc2)CC=CC1. The third kappa shape index (κ3) is 1.92. The van der Waals surface area contributed by atoms with E-state index >= 15 is 0 Å². The van der Waals surface area contributed by atoms with E-state index in [1.165, 1.54) is 0 Å². The van der Waals surface area contributed by atoms with E-state index in [9.17, 15) is 9.90 Å². The van der Waals surface area contributed by atoms with Gasteiger partial charge in [0.2, 0.25) is 0 Å². The minimum Gasteiger partial charge on any atom is -0.498 e. The summed E-state index contributed by atoms with van der Waals surface area (Å²) in [5.41, 5.74) is 1.03. The highest BCUT2D eigenvalue weighted by Crippen LogP contribution is 2.18. The van der Waals surface area contributed by atoms with Gasteiger partial charge in [0.05, 0.1) is 0 Å². The molecule has 1 aliphatic rings. The molecule has 0 atom stereocenters. The van der Waals surface area contributed by atoms with Crippen molar-refractivity contribution in [1.29, 1.82) is 0 Å². The van der Waals surface area contributed by atoms with E-state index in [0.717, 1.165) is 5.56 Å². The van der Waals surface area contributed by atoms with Gasteiger partial charge in [-0.1, -0.05) is 30.3 Å². The topological polar surface area (TPSA) is 40.1 Å². The Morgan fingerprint density at radius 1 is 1.20 bits per heavy atom. The highest BCUT2D eigenvalue weighted by atomic mass is 16.4. The Labute approximate surface area is 88.9 Å². The van der Waals surface area contributed by atoms with Crippen molar-refractivity contribution in [2.24, 2.45) is 0 Å². The second-order valence-electron chi connectivity index (χ2n) is 3.89. The molecule has 0 unspecified atom stereocenters. The molecular formula is C12H13NO2. The molecule has 0 fully saturated rings. The van der Waals surface area contributed by atoms with Crippen molar-refractivity contribution >= 4 is 6.09 Å². The molecule has 0 radical (unpaired) electrons. The predicted octanol–water partition coefficient (Wildman–Crippen LogP) is 0.916. The van der Waals surface area contributed by atoms with Crippen molar-refractivity contribution in [2.75, 3.05) is 13.1 Å². The summed E-state index contributed by atoms with van der Waals surface area (Å²) in [6.07, 6.45) is 2.81. The Balaban J connectivity index is 2.19. The summed E-state index contributed by atoms with van der Waals surface area (Å²) in [7, 11) is 0. The zero-order chi connectivity index (χ0) is 10.7. The van der Waals surface area contributed by atoms with E-state index in [1.807, 2.05) is 42.5 Å². The maximum absolute atomic E-state index is 11.1. The lowest BCUT2D eigenvalue weighted by Gasteiger charge is -2.33. The summed E-state index contributed by atoms with van der Waals surface area (Å²) in [5, 5.41) is 11.1. The van der Waals surface area contributed by atoms with Crippen molar-refractivity contribution in [3.05, 3.63) is 48.0 Å². The number of benzene rings is 1. The van der Waals surface area contributed by atoms with Crippen LogP contribution >= 0.6 is 0 Å². The van der Waals surface area contributed by atoms with Crippen LogP contribution in [-0.2, 0) is 6.54 Å². The van der Waals surface area contributed by atoms with Crippen LogP contribution in [0.15, 0.2) is 42.5 Å². The third-order valence-electron chi connectivity index (χ3n) is 2.79. The second kappa shape index (κ2) is 3.87. The van der Waals surface area contributed by atoms with E-state index < -0.39 is 6.09 Å². The Morgan fingerprint density at radius 3 is 2.33 bits per heavy atom. The van der Waals surface area contributed by atoms with Crippen molar-refractivity contribution in [3.8, 4) is 0 Å². The molecule has 3 nitrogen and oxygen atoms in total. The first kappa shape index (κ1) is 9.93. The van der Waals surface area contributed by atoms with E-state index in [0.29, 0.717) is 19.6 Å². The Bertz CT molecular complexity index is 376. The fourth-order valence-electron chi connectivity index (χ4n) is 1.90. The van der Waals surface area contributed by atoms with Crippen LogP contribution < -0.4 is 5.11 Å². The number of rotatable bonds is 2. The van der Waals surface area contributed by atoms with Gasteiger partial charge >= 0.3 is 0 Å². The van der Waals surface area contributed by atoms with Crippen LogP contribution in [0.5, 0.6) is 0 Å². The molecule has 78 valence electrons. The molecule has 1 amide bonds. The molecule has 0 saturated carbocycles. The molecule has 1 aromatic carbocycles. The highest BCUT2D eigenvalue weighted by Gasteiger charge is 2.31. The molecule has 3 heteroatoms. The molecule has 0 N–H and O–H groups in total. The summed E-state index contributed by atoms with van der Waals surface area (Å²) in [6, 6.07) is 9.66. The third-order valence-corrected chi connectivity index (χ3v) is 2.79. The molecule has 0 aromatic heterocycles. The summed E-state index contributed by atoms with van der Waals surface area (Å²) in [6.45, 7) is 1.55. The number of carboxylic acid groups (broad SMARTS) is 1. The van der Waals surface area contributed by atoms with Crippen molar-refractivity contribution in [1.82, 2.24) is 0 Å². The fraction of sp³-hybridized carbons (Fsp3) is 0.250. The normalized spacial score (nSPS) is 17.9. The van der Waals surface area contributed by atoms with Crippen LogP contribution in [0, 0.1) is 0 Å². The molecule has 1 aliphatic heterocycles. The number of carbonyl (C=O) groups excluding carboxylic acids is 1. The second-order valence-corrected chi connectivity index (χ2v) is 3.89. The highest BCUT2D eigenvalue weighted by molar-refractivity contribution is 5.55. The maximum Gasteiger partial charge on any atom is 0.258 e. The monoisotopic (exact) mass is 203 g/mol. The van der Waals surface area contributed by atoms with E-state index in [1.54, 1.807) is 0 Å². The van der Waals surface area contributed by atoms with Gasteiger partial charge in [-0.2, -0.15) is 0 Å². The fourth-order valence-corrected chi connectivity index (χ4v) is 1.90. The summed E-state index contributed by atoms with van der Waals surface area (Å²) in [5.74, 6) is 0. The van der Waals surface area contributed by atoms with Crippen LogP contribution in [0.2, 0.25) is 0 Å². The molecule has 1 heterocycles. The van der Waals surface area contributed by atoms with Crippen LogP contribution in [0.1, 0.15) is 5.56 Å². The molecular weight excluding hydrogens is 190 g/mol. The standard InChI is InChI=1S/C12H13NO2/c14-12(15)13(8-4-5-9-13)10-11-6-2-1-3-7-11/h1-7H,8-10H2. The molecule has 2 rings (SSSR count). The first-order valence-electron chi connectivity index (χ1n) is 4.99. The smallest absolute Gasteiger partial charge is 0.258 e. The van der Waals surface area contributed by atoms with E-state index in [-0.39, 0.29) is 4.48 Å². The van der Waals surface area contributed by atoms with Gasteiger partial charge in [-0.25, -0.2) is 0 Å². The minimum atomic E-state index is -0.996. The lowest BCUT2D eigenvalue weighted by molar-refractivity contribution is -0.873. The number of quaternary nitrogens is 1. The Hall–Kier alpha value is -1.61. The zero-order valence-electron chi connectivity index (χ0n) is 8.43. The number of amides is 1. The average molecular weight is 203 g/mol. The van der Waals surface area contributed by atoms with E-state index in [4.69, 9.17) is 0 Å². The van der Waals surface area contributed by atoms with Gasteiger partial charge in [-0.05, 0) is 12.2 Å². The Kier molecular flexibility index (Phi) is 2.56. The van der Waals surface area contributed by atoms with Crippen LogP contribution in [-0.4, -0.2) is 23.7 Å². The first-order valence-corrected chi connectivity index (χ1v) is 4.99. The quantitative estimate of drug-likeness (QED) is 0.529. The zero-order valence-corrected chi connectivity index (χ0v) is 8.43. The van der Waals surface area contributed by atoms with Gasteiger partial charge in [0.15, 0.2) is 0 Å². The van der Waals surface area contributed by atoms with Crippen LogP contribution in [0.3, 0.4) is 0 Å². The molecule has 1 aromatic rings. The van der Waals surface area contributed by atoms with Gasteiger partial charge in [0.25, 0.3) is 6.09 Å². The molecule has 0 bridgehead atoms. The van der Waals surface area contributed by atoms with Crippen molar-refractivity contribution in [2.45, 2.75) is 6.54 Å². The van der Waals surface area contributed by atoms with Crippen molar-refractivity contribution in [3.63, 3.8) is 0 Å².